The van der Waals surface area contributed by atoms with Crippen LogP contribution in [0.1, 0.15) is 18.1 Å². The summed E-state index contributed by atoms with van der Waals surface area (Å²) in [5, 5.41) is 8.68. The molecule has 1 aromatic heterocycles. The van der Waals surface area contributed by atoms with Gasteiger partial charge in [-0.2, -0.15) is 0 Å². The Labute approximate surface area is 96.4 Å². The lowest BCUT2D eigenvalue weighted by atomic mass is 10.2. The molecule has 2 heterocycles. The molecule has 2 atom stereocenters. The summed E-state index contributed by atoms with van der Waals surface area (Å²) in [6, 6.07) is 2.71. The van der Waals surface area contributed by atoms with E-state index in [-0.39, 0.29) is 11.3 Å². The molecule has 2 rings (SSSR count). The molecular formula is C10H11NO4S. The molecule has 0 spiro atoms. The van der Waals surface area contributed by atoms with Crippen LogP contribution < -0.4 is 0 Å². The van der Waals surface area contributed by atoms with Gasteiger partial charge in [0.1, 0.15) is 17.2 Å². The SMILES string of the molecule is CC(=O)N1[C@H](C(=O)O)CS[C@H]1c1ccco1. The smallest absolute Gasteiger partial charge is 0.327 e. The second-order valence-corrected chi connectivity index (χ2v) is 4.59. The first kappa shape index (κ1) is 11.1. The van der Waals surface area contributed by atoms with Crippen LogP contribution in [0.4, 0.5) is 0 Å². The van der Waals surface area contributed by atoms with Crippen LogP contribution in [0.5, 0.6) is 0 Å². The van der Waals surface area contributed by atoms with Crippen molar-refractivity contribution in [1.82, 2.24) is 4.90 Å². The van der Waals surface area contributed by atoms with Crippen LogP contribution in [-0.2, 0) is 9.59 Å². The number of hydrogen-bond acceptors (Lipinski definition) is 4. The maximum Gasteiger partial charge on any atom is 0.327 e. The van der Waals surface area contributed by atoms with Crippen molar-refractivity contribution in [1.29, 1.82) is 0 Å². The Balaban J connectivity index is 2.28. The average molecular weight is 241 g/mol. The number of carboxylic acids is 1. The van der Waals surface area contributed by atoms with Crippen molar-refractivity contribution in [2.75, 3.05) is 5.75 Å². The fourth-order valence-electron chi connectivity index (χ4n) is 1.73. The molecule has 1 aromatic rings. The Morgan fingerprint density at radius 1 is 1.62 bits per heavy atom. The summed E-state index contributed by atoms with van der Waals surface area (Å²) in [5.41, 5.74) is 0. The Morgan fingerprint density at radius 2 is 2.38 bits per heavy atom. The van der Waals surface area contributed by atoms with Gasteiger partial charge in [0.25, 0.3) is 0 Å². The zero-order valence-electron chi connectivity index (χ0n) is 8.62. The molecule has 0 saturated carbocycles. The molecule has 1 saturated heterocycles. The Morgan fingerprint density at radius 3 is 2.88 bits per heavy atom. The maximum atomic E-state index is 11.5. The third kappa shape index (κ3) is 1.80. The van der Waals surface area contributed by atoms with Gasteiger partial charge in [-0.3, -0.25) is 4.79 Å². The summed E-state index contributed by atoms with van der Waals surface area (Å²) in [7, 11) is 0. The minimum absolute atomic E-state index is 0.251. The molecule has 5 nitrogen and oxygen atoms in total. The van der Waals surface area contributed by atoms with Crippen LogP contribution in [0.2, 0.25) is 0 Å². The van der Waals surface area contributed by atoms with Crippen LogP contribution in [0, 0.1) is 0 Å². The zero-order valence-corrected chi connectivity index (χ0v) is 9.44. The van der Waals surface area contributed by atoms with Crippen molar-refractivity contribution < 1.29 is 19.1 Å². The van der Waals surface area contributed by atoms with E-state index in [1.807, 2.05) is 0 Å². The van der Waals surface area contributed by atoms with Gasteiger partial charge < -0.3 is 14.4 Å². The molecular weight excluding hydrogens is 230 g/mol. The summed E-state index contributed by atoms with van der Waals surface area (Å²) in [6.45, 7) is 1.37. The van der Waals surface area contributed by atoms with E-state index < -0.39 is 12.0 Å². The fraction of sp³-hybridized carbons (Fsp3) is 0.400. The minimum Gasteiger partial charge on any atom is -0.480 e. The van der Waals surface area contributed by atoms with E-state index in [2.05, 4.69) is 0 Å². The van der Waals surface area contributed by atoms with Crippen LogP contribution in [0.25, 0.3) is 0 Å². The zero-order chi connectivity index (χ0) is 11.7. The van der Waals surface area contributed by atoms with E-state index in [0.29, 0.717) is 11.5 Å². The van der Waals surface area contributed by atoms with E-state index in [1.54, 1.807) is 12.1 Å². The molecule has 0 radical (unpaired) electrons. The van der Waals surface area contributed by atoms with Crippen LogP contribution in [-0.4, -0.2) is 33.7 Å². The summed E-state index contributed by atoms with van der Waals surface area (Å²) < 4.78 is 5.22. The van der Waals surface area contributed by atoms with Crippen LogP contribution in [0.3, 0.4) is 0 Å². The lowest BCUT2D eigenvalue weighted by Crippen LogP contribution is -2.41. The van der Waals surface area contributed by atoms with Gasteiger partial charge in [0, 0.05) is 12.7 Å². The lowest BCUT2D eigenvalue weighted by Gasteiger charge is -2.24. The Hall–Kier alpha value is -1.43. The third-order valence-electron chi connectivity index (χ3n) is 2.44. The van der Waals surface area contributed by atoms with Crippen molar-refractivity contribution in [2.24, 2.45) is 0 Å². The Bertz CT molecular complexity index is 403. The molecule has 1 aliphatic heterocycles. The maximum absolute atomic E-state index is 11.5. The predicted octanol–water partition coefficient (Wildman–Crippen LogP) is 1.33. The van der Waals surface area contributed by atoms with E-state index >= 15 is 0 Å². The number of nitrogens with zero attached hydrogens (tertiary/aromatic N) is 1. The molecule has 1 amide bonds. The third-order valence-corrected chi connectivity index (χ3v) is 3.72. The van der Waals surface area contributed by atoms with Crippen LogP contribution >= 0.6 is 11.8 Å². The standard InChI is InChI=1S/C10H11NO4S/c1-6(12)11-7(10(13)14)5-16-9(11)8-3-2-4-15-8/h2-4,7,9H,5H2,1H3,(H,13,14)/t7-,9-/m0/s1. The quantitative estimate of drug-likeness (QED) is 0.845. The number of amides is 1. The molecule has 0 bridgehead atoms. The van der Waals surface area contributed by atoms with Crippen molar-refractivity contribution in [3.63, 3.8) is 0 Å². The second-order valence-electron chi connectivity index (χ2n) is 3.48. The largest absolute Gasteiger partial charge is 0.480 e. The molecule has 1 aliphatic rings. The van der Waals surface area contributed by atoms with Gasteiger partial charge in [0.2, 0.25) is 5.91 Å². The molecule has 1 fully saturated rings. The van der Waals surface area contributed by atoms with Crippen LogP contribution in [0.15, 0.2) is 22.8 Å². The average Bonchev–Trinajstić information content (AvgIpc) is 2.85. The highest BCUT2D eigenvalue weighted by Gasteiger charge is 2.42. The van der Waals surface area contributed by atoms with Gasteiger partial charge in [0.05, 0.1) is 6.26 Å². The Kier molecular flexibility index (Phi) is 2.91. The topological polar surface area (TPSA) is 70.8 Å². The van der Waals surface area contributed by atoms with Gasteiger partial charge in [-0.25, -0.2) is 4.79 Å². The first-order valence-electron chi connectivity index (χ1n) is 4.78. The minimum atomic E-state index is -0.975. The van der Waals surface area contributed by atoms with E-state index in [1.165, 1.54) is 29.8 Å². The number of rotatable bonds is 2. The molecule has 16 heavy (non-hydrogen) atoms. The van der Waals surface area contributed by atoms with Crippen molar-refractivity contribution in [3.05, 3.63) is 24.2 Å². The van der Waals surface area contributed by atoms with Gasteiger partial charge >= 0.3 is 5.97 Å². The highest BCUT2D eigenvalue weighted by molar-refractivity contribution is 7.99. The fourth-order valence-corrected chi connectivity index (χ4v) is 3.15. The number of carboxylic acid groups (broad SMARTS) is 1. The van der Waals surface area contributed by atoms with Gasteiger partial charge in [-0.1, -0.05) is 0 Å². The summed E-state index contributed by atoms with van der Waals surface area (Å²) in [6.07, 6.45) is 1.52. The van der Waals surface area contributed by atoms with Gasteiger partial charge in [-0.05, 0) is 12.1 Å². The highest BCUT2D eigenvalue weighted by Crippen LogP contribution is 2.41. The number of carbonyl (C=O) groups is 2. The highest BCUT2D eigenvalue weighted by atomic mass is 32.2. The van der Waals surface area contributed by atoms with E-state index in [4.69, 9.17) is 9.52 Å². The molecule has 0 aliphatic carbocycles. The number of hydrogen-bond donors (Lipinski definition) is 1. The predicted molar refractivity (Wildman–Crippen MR) is 57.9 cm³/mol. The molecule has 0 aromatic carbocycles. The van der Waals surface area contributed by atoms with E-state index in [0.717, 1.165) is 0 Å². The number of furan rings is 1. The molecule has 0 unspecified atom stereocenters. The first-order valence-corrected chi connectivity index (χ1v) is 5.83. The number of thioether (sulfide) groups is 1. The van der Waals surface area contributed by atoms with Crippen molar-refractivity contribution in [3.8, 4) is 0 Å². The lowest BCUT2D eigenvalue weighted by molar-refractivity contribution is -0.148. The summed E-state index contributed by atoms with van der Waals surface area (Å²) >= 11 is 1.40. The summed E-state index contributed by atoms with van der Waals surface area (Å²) in [4.78, 5) is 23.8. The van der Waals surface area contributed by atoms with Crippen molar-refractivity contribution in [2.45, 2.75) is 18.3 Å². The van der Waals surface area contributed by atoms with Gasteiger partial charge in [0.15, 0.2) is 0 Å². The van der Waals surface area contributed by atoms with Crippen molar-refractivity contribution >= 4 is 23.6 Å². The number of carbonyl (C=O) groups excluding carboxylic acids is 1. The van der Waals surface area contributed by atoms with E-state index in [9.17, 15) is 9.59 Å². The molecule has 6 heteroatoms. The normalized spacial score (nSPS) is 24.7. The molecule has 1 N–H and O–H groups in total. The molecule has 86 valence electrons. The number of aliphatic carboxylic acids is 1. The first-order chi connectivity index (χ1) is 7.61. The van der Waals surface area contributed by atoms with Gasteiger partial charge in [-0.15, -0.1) is 11.8 Å². The monoisotopic (exact) mass is 241 g/mol. The second kappa shape index (κ2) is 4.21. The summed E-state index contributed by atoms with van der Waals surface area (Å²) in [5.74, 6) is -0.222.